The minimum absolute atomic E-state index is 0.226. The first kappa shape index (κ1) is 15.3. The van der Waals surface area contributed by atoms with Crippen LogP contribution in [0, 0.1) is 0 Å². The van der Waals surface area contributed by atoms with Crippen LogP contribution in [0.15, 0.2) is 23.3 Å². The van der Waals surface area contributed by atoms with Gasteiger partial charge in [-0.2, -0.15) is 26.3 Å². The van der Waals surface area contributed by atoms with Gasteiger partial charge in [0.15, 0.2) is 6.61 Å². The average Bonchev–Trinajstić information content (AvgIpc) is 2.25. The van der Waals surface area contributed by atoms with E-state index in [0.717, 1.165) is 18.5 Å². The van der Waals surface area contributed by atoms with E-state index in [0.29, 0.717) is 0 Å². The van der Waals surface area contributed by atoms with E-state index in [-0.39, 0.29) is 11.4 Å². The van der Waals surface area contributed by atoms with E-state index in [9.17, 15) is 26.3 Å². The van der Waals surface area contributed by atoms with Crippen molar-refractivity contribution in [3.63, 3.8) is 0 Å². The maximum Gasteiger partial charge on any atom is 0.422 e. The van der Waals surface area contributed by atoms with Crippen molar-refractivity contribution in [2.45, 2.75) is 12.4 Å². The van der Waals surface area contributed by atoms with E-state index < -0.39 is 25.5 Å². The Kier molecular flexibility index (Phi) is 4.73. The Balaban J connectivity index is 2.52. The molecular formula is C10H8F6N2O. The molecule has 1 aromatic rings. The number of alkyl halides is 6. The summed E-state index contributed by atoms with van der Waals surface area (Å²) in [4.78, 5) is 6.62. The van der Waals surface area contributed by atoms with Crippen LogP contribution in [-0.2, 0) is 0 Å². The van der Waals surface area contributed by atoms with Gasteiger partial charge in [-0.05, 0) is 6.07 Å². The SMILES string of the molecule is FC(F)(F)C/N=C/c1ccc(OCC(F)(F)F)nc1. The maximum absolute atomic E-state index is 11.8. The molecule has 106 valence electrons. The van der Waals surface area contributed by atoms with Crippen molar-refractivity contribution < 1.29 is 31.1 Å². The third-order valence-corrected chi connectivity index (χ3v) is 1.65. The predicted molar refractivity (Wildman–Crippen MR) is 54.3 cm³/mol. The van der Waals surface area contributed by atoms with Gasteiger partial charge in [0.1, 0.15) is 6.54 Å². The lowest BCUT2D eigenvalue weighted by Gasteiger charge is -2.07. The molecular weight excluding hydrogens is 278 g/mol. The number of halogens is 6. The third kappa shape index (κ3) is 7.27. The molecule has 9 heteroatoms. The fourth-order valence-corrected chi connectivity index (χ4v) is 0.964. The first-order valence-electron chi connectivity index (χ1n) is 4.88. The van der Waals surface area contributed by atoms with E-state index in [2.05, 4.69) is 14.7 Å². The molecule has 19 heavy (non-hydrogen) atoms. The van der Waals surface area contributed by atoms with Crippen molar-refractivity contribution in [3.05, 3.63) is 23.9 Å². The number of pyridine rings is 1. The number of aromatic nitrogens is 1. The van der Waals surface area contributed by atoms with Gasteiger partial charge in [0.05, 0.1) is 0 Å². The Hall–Kier alpha value is -1.80. The fourth-order valence-electron chi connectivity index (χ4n) is 0.964. The average molecular weight is 286 g/mol. The largest absolute Gasteiger partial charge is 0.468 e. The van der Waals surface area contributed by atoms with Crippen LogP contribution < -0.4 is 4.74 Å². The molecule has 1 aromatic heterocycles. The van der Waals surface area contributed by atoms with Crippen LogP contribution in [0.25, 0.3) is 0 Å². The summed E-state index contributed by atoms with van der Waals surface area (Å²) in [5.41, 5.74) is 0.226. The number of nitrogens with zero attached hydrogens (tertiary/aromatic N) is 2. The molecule has 0 unspecified atom stereocenters. The number of hydrogen-bond donors (Lipinski definition) is 0. The van der Waals surface area contributed by atoms with Gasteiger partial charge in [-0.3, -0.25) is 4.99 Å². The smallest absolute Gasteiger partial charge is 0.422 e. The predicted octanol–water partition coefficient (Wildman–Crippen LogP) is 3.00. The zero-order chi connectivity index (χ0) is 14.5. The van der Waals surface area contributed by atoms with Crippen LogP contribution in [0.4, 0.5) is 26.3 Å². The molecule has 0 aliphatic rings. The Morgan fingerprint density at radius 2 is 1.79 bits per heavy atom. The van der Waals surface area contributed by atoms with E-state index in [4.69, 9.17) is 0 Å². The van der Waals surface area contributed by atoms with E-state index in [1.54, 1.807) is 0 Å². The highest BCUT2D eigenvalue weighted by Crippen LogP contribution is 2.17. The standard InChI is InChI=1S/C10H8F6N2O/c11-9(12,13)5-17-3-7-1-2-8(18-4-7)19-6-10(14,15)16/h1-4H,5-6H2/b17-3+. The van der Waals surface area contributed by atoms with Crippen LogP contribution >= 0.6 is 0 Å². The highest BCUT2D eigenvalue weighted by molar-refractivity contribution is 5.79. The third-order valence-electron chi connectivity index (χ3n) is 1.65. The fraction of sp³-hybridized carbons (Fsp3) is 0.400. The Morgan fingerprint density at radius 3 is 2.26 bits per heavy atom. The lowest BCUT2D eigenvalue weighted by Crippen LogP contribution is -2.19. The van der Waals surface area contributed by atoms with Gasteiger partial charge in [0.2, 0.25) is 5.88 Å². The van der Waals surface area contributed by atoms with Gasteiger partial charge in [-0.1, -0.05) is 0 Å². The van der Waals surface area contributed by atoms with Gasteiger partial charge in [-0.25, -0.2) is 4.98 Å². The van der Waals surface area contributed by atoms with Crippen LogP contribution in [0.3, 0.4) is 0 Å². The van der Waals surface area contributed by atoms with E-state index in [1.807, 2.05) is 0 Å². The van der Waals surface area contributed by atoms with Crippen LogP contribution in [-0.4, -0.2) is 36.7 Å². The summed E-state index contributed by atoms with van der Waals surface area (Å²) in [7, 11) is 0. The lowest BCUT2D eigenvalue weighted by molar-refractivity contribution is -0.154. The molecule has 3 nitrogen and oxygen atoms in total. The first-order valence-corrected chi connectivity index (χ1v) is 4.88. The van der Waals surface area contributed by atoms with Gasteiger partial charge in [0, 0.05) is 24.0 Å². The summed E-state index contributed by atoms with van der Waals surface area (Å²) >= 11 is 0. The number of hydrogen-bond acceptors (Lipinski definition) is 3. The molecule has 0 saturated heterocycles. The second-order valence-electron chi connectivity index (χ2n) is 3.42. The molecule has 0 N–H and O–H groups in total. The van der Waals surface area contributed by atoms with Crippen LogP contribution in [0.5, 0.6) is 5.88 Å². The summed E-state index contributed by atoms with van der Waals surface area (Å²) < 4.78 is 75.1. The molecule has 0 radical (unpaired) electrons. The number of ether oxygens (including phenoxy) is 1. The first-order chi connectivity index (χ1) is 8.66. The van der Waals surface area contributed by atoms with Crippen molar-refractivity contribution in [3.8, 4) is 5.88 Å². The second-order valence-corrected chi connectivity index (χ2v) is 3.42. The zero-order valence-corrected chi connectivity index (χ0v) is 9.29. The number of aliphatic imine (C=N–C) groups is 1. The summed E-state index contributed by atoms with van der Waals surface area (Å²) in [5, 5.41) is 0. The topological polar surface area (TPSA) is 34.5 Å². The second kappa shape index (κ2) is 5.89. The molecule has 0 atom stereocenters. The molecule has 0 spiro atoms. The molecule has 0 amide bonds. The minimum atomic E-state index is -4.48. The lowest BCUT2D eigenvalue weighted by atomic mass is 10.3. The minimum Gasteiger partial charge on any atom is -0.468 e. The summed E-state index contributed by atoms with van der Waals surface area (Å²) in [6.07, 6.45) is -6.90. The van der Waals surface area contributed by atoms with Crippen molar-refractivity contribution in [1.29, 1.82) is 0 Å². The summed E-state index contributed by atoms with van der Waals surface area (Å²) in [5.74, 6) is -0.273. The Labute approximate surface area is 103 Å². The molecule has 0 saturated carbocycles. The van der Waals surface area contributed by atoms with Gasteiger partial charge >= 0.3 is 12.4 Å². The van der Waals surface area contributed by atoms with Crippen LogP contribution in [0.1, 0.15) is 5.56 Å². The molecule has 0 bridgehead atoms. The molecule has 0 aromatic carbocycles. The highest BCUT2D eigenvalue weighted by atomic mass is 19.4. The molecule has 0 fully saturated rings. The monoisotopic (exact) mass is 286 g/mol. The summed E-state index contributed by atoms with van der Waals surface area (Å²) in [6, 6.07) is 2.36. The zero-order valence-electron chi connectivity index (χ0n) is 9.29. The van der Waals surface area contributed by atoms with Gasteiger partial charge in [-0.15, -0.1) is 0 Å². The van der Waals surface area contributed by atoms with Crippen molar-refractivity contribution >= 4 is 6.21 Å². The van der Waals surface area contributed by atoms with Crippen molar-refractivity contribution in [1.82, 2.24) is 4.98 Å². The van der Waals surface area contributed by atoms with E-state index in [1.165, 1.54) is 6.07 Å². The Bertz CT molecular complexity index is 423. The molecule has 1 rings (SSSR count). The van der Waals surface area contributed by atoms with Crippen molar-refractivity contribution in [2.75, 3.05) is 13.2 Å². The normalized spacial score (nSPS) is 12.9. The summed E-state index contributed by atoms with van der Waals surface area (Å²) in [6.45, 7) is -2.82. The van der Waals surface area contributed by atoms with E-state index >= 15 is 0 Å². The molecule has 0 aliphatic heterocycles. The van der Waals surface area contributed by atoms with Gasteiger partial charge in [0.25, 0.3) is 0 Å². The van der Waals surface area contributed by atoms with Gasteiger partial charge < -0.3 is 4.74 Å². The maximum atomic E-state index is 11.8. The highest BCUT2D eigenvalue weighted by Gasteiger charge is 2.28. The van der Waals surface area contributed by atoms with Crippen molar-refractivity contribution in [2.24, 2.45) is 4.99 Å². The van der Waals surface area contributed by atoms with Crippen LogP contribution in [0.2, 0.25) is 0 Å². The number of rotatable bonds is 4. The molecule has 1 heterocycles. The Morgan fingerprint density at radius 1 is 1.11 bits per heavy atom. The quantitative estimate of drug-likeness (QED) is 0.630. The molecule has 0 aliphatic carbocycles.